The second kappa shape index (κ2) is 12.0. The molecule has 4 aliphatic rings. The van der Waals surface area contributed by atoms with Crippen LogP contribution in [0.4, 0.5) is 23.0 Å². The lowest BCUT2D eigenvalue weighted by Crippen LogP contribution is -2.56. The minimum absolute atomic E-state index is 0.0641. The van der Waals surface area contributed by atoms with Crippen LogP contribution in [0.25, 0.3) is 22.2 Å². The van der Waals surface area contributed by atoms with Crippen LogP contribution in [0.3, 0.4) is 0 Å². The van der Waals surface area contributed by atoms with Crippen molar-refractivity contribution in [3.05, 3.63) is 77.6 Å². The molecule has 0 bridgehead atoms. The Morgan fingerprint density at radius 3 is 2.62 bits per heavy atom. The third-order valence-electron chi connectivity index (χ3n) is 10.5. The third kappa shape index (κ3) is 5.02. The van der Waals surface area contributed by atoms with Gasteiger partial charge < -0.3 is 29.6 Å². The third-order valence-corrected chi connectivity index (χ3v) is 10.5. The van der Waals surface area contributed by atoms with Gasteiger partial charge in [0.1, 0.15) is 22.8 Å². The molecule has 3 N–H and O–H groups in total. The van der Waals surface area contributed by atoms with E-state index in [1.165, 1.54) is 24.1 Å². The first kappa shape index (κ1) is 29.4. The number of imidazole rings is 1. The van der Waals surface area contributed by atoms with Gasteiger partial charge in [-0.3, -0.25) is 14.6 Å². The molecule has 12 nitrogen and oxygen atoms in total. The molecule has 4 aromatic heterocycles. The van der Waals surface area contributed by atoms with Gasteiger partial charge in [-0.15, -0.1) is 0 Å². The molecule has 0 unspecified atom stereocenters. The fourth-order valence-electron chi connectivity index (χ4n) is 7.84. The number of fused-ring (bicyclic) bond motifs is 4. The number of benzene rings is 1. The normalized spacial score (nSPS) is 18.6. The first-order valence-electron chi connectivity index (χ1n) is 17.0. The summed E-state index contributed by atoms with van der Waals surface area (Å²) in [5.74, 6) is 1.15. The number of ether oxygens (including phenoxy) is 1. The summed E-state index contributed by atoms with van der Waals surface area (Å²) >= 11 is 0. The second-order valence-electron chi connectivity index (χ2n) is 13.2. The molecule has 1 aromatic carbocycles. The highest BCUT2D eigenvalue weighted by Crippen LogP contribution is 2.37. The molecule has 7 heterocycles. The Balaban J connectivity index is 0.987. The number of piperazine rings is 1. The minimum atomic E-state index is -0.255. The number of carbonyl (C=O) groups excluding carboxylic acids is 1. The van der Waals surface area contributed by atoms with E-state index in [9.17, 15) is 9.90 Å². The number of aliphatic hydroxyl groups excluding tert-OH is 1. The molecule has 1 amide bonds. The molecule has 246 valence electrons. The summed E-state index contributed by atoms with van der Waals surface area (Å²) in [6.45, 7) is 6.69. The molecule has 48 heavy (non-hydrogen) atoms. The molecule has 2 fully saturated rings. The predicted octanol–water partition coefficient (Wildman–Crippen LogP) is 4.12. The van der Waals surface area contributed by atoms with Crippen molar-refractivity contribution >= 4 is 40.0 Å². The van der Waals surface area contributed by atoms with Gasteiger partial charge in [0.15, 0.2) is 0 Å². The number of hydrogen-bond acceptors (Lipinski definition) is 9. The molecule has 12 heteroatoms. The smallest absolute Gasteiger partial charge is 0.276 e. The number of H-pyrrole nitrogens is 1. The summed E-state index contributed by atoms with van der Waals surface area (Å²) in [5, 5.41) is 14.2. The molecule has 3 aliphatic heterocycles. The first-order valence-corrected chi connectivity index (χ1v) is 17.0. The average molecular weight is 646 g/mol. The van der Waals surface area contributed by atoms with E-state index in [1.807, 2.05) is 30.5 Å². The zero-order valence-corrected chi connectivity index (χ0v) is 26.9. The van der Waals surface area contributed by atoms with Crippen molar-refractivity contribution in [2.45, 2.75) is 44.9 Å². The number of hydrogen-bond donors (Lipinski definition) is 3. The van der Waals surface area contributed by atoms with Crippen LogP contribution in [0, 0.1) is 0 Å². The van der Waals surface area contributed by atoms with Crippen molar-refractivity contribution < 1.29 is 14.6 Å². The van der Waals surface area contributed by atoms with E-state index in [1.54, 1.807) is 17.4 Å². The summed E-state index contributed by atoms with van der Waals surface area (Å²) < 4.78 is 7.58. The molecule has 0 radical (unpaired) electrons. The lowest BCUT2D eigenvalue weighted by Gasteiger charge is -2.43. The lowest BCUT2D eigenvalue weighted by molar-refractivity contribution is -0.0660. The van der Waals surface area contributed by atoms with Crippen LogP contribution in [0.2, 0.25) is 0 Å². The zero-order chi connectivity index (χ0) is 32.2. The van der Waals surface area contributed by atoms with E-state index < -0.39 is 0 Å². The fourth-order valence-corrected chi connectivity index (χ4v) is 7.84. The second-order valence-corrected chi connectivity index (χ2v) is 13.2. The Morgan fingerprint density at radius 2 is 1.83 bits per heavy atom. The largest absolute Gasteiger partial charge is 0.392 e. The van der Waals surface area contributed by atoms with Crippen molar-refractivity contribution in [2.24, 2.45) is 0 Å². The molecule has 2 saturated heterocycles. The number of amides is 1. The number of anilines is 4. The fraction of sp³-hybridized carbons (Fsp3) is 0.389. The molecule has 9 rings (SSSR count). The van der Waals surface area contributed by atoms with Gasteiger partial charge in [-0.1, -0.05) is 0 Å². The maximum atomic E-state index is 13.9. The minimum Gasteiger partial charge on any atom is -0.392 e. The molecular formula is C36H39N9O3. The van der Waals surface area contributed by atoms with Crippen LogP contribution < -0.4 is 15.1 Å². The summed E-state index contributed by atoms with van der Waals surface area (Å²) in [6, 6.07) is 12.7. The zero-order valence-electron chi connectivity index (χ0n) is 26.9. The topological polar surface area (TPSA) is 128 Å². The highest BCUT2D eigenvalue weighted by Gasteiger charge is 2.33. The van der Waals surface area contributed by atoms with Crippen LogP contribution in [-0.4, -0.2) is 92.4 Å². The van der Waals surface area contributed by atoms with Gasteiger partial charge in [0.25, 0.3) is 5.91 Å². The Hall–Kier alpha value is -4.78. The standard InChI is InChI=1S/C36H39N9O3/c46-19-28-27(7-8-37-35(28)45-14-13-44-31-4-2-1-3-23(31)17-32(44)36(45)47)24-15-29-34(40-22-39-29)30(16-24)41-33-6-5-25(18-38-33)42-9-11-43(12-10-42)26-20-48-21-26/h5-8,15-18,22,26,46H,1-4,9-14,19-21H2,(H,38,41)(H,39,40). The Morgan fingerprint density at radius 1 is 0.958 bits per heavy atom. The van der Waals surface area contributed by atoms with E-state index in [0.29, 0.717) is 29.8 Å². The van der Waals surface area contributed by atoms with Crippen molar-refractivity contribution in [2.75, 3.05) is 61.1 Å². The molecule has 1 aliphatic carbocycles. The van der Waals surface area contributed by atoms with Crippen LogP contribution in [0.5, 0.6) is 0 Å². The number of rotatable bonds is 7. The van der Waals surface area contributed by atoms with Crippen molar-refractivity contribution in [3.8, 4) is 11.1 Å². The molecular weight excluding hydrogens is 606 g/mol. The van der Waals surface area contributed by atoms with Gasteiger partial charge in [0.2, 0.25) is 0 Å². The van der Waals surface area contributed by atoms with Gasteiger partial charge in [-0.2, -0.15) is 0 Å². The van der Waals surface area contributed by atoms with Gasteiger partial charge in [0.05, 0.1) is 55.3 Å². The summed E-state index contributed by atoms with van der Waals surface area (Å²) in [7, 11) is 0. The summed E-state index contributed by atoms with van der Waals surface area (Å²) in [6.07, 6.45) is 9.71. The van der Waals surface area contributed by atoms with Crippen molar-refractivity contribution in [3.63, 3.8) is 0 Å². The number of aryl methyl sites for hydroxylation is 1. The highest BCUT2D eigenvalue weighted by molar-refractivity contribution is 6.06. The molecule has 5 aromatic rings. The number of carbonyl (C=O) groups is 1. The van der Waals surface area contributed by atoms with E-state index in [0.717, 1.165) is 98.0 Å². The molecule has 0 saturated carbocycles. The quantitative estimate of drug-likeness (QED) is 0.240. The van der Waals surface area contributed by atoms with Gasteiger partial charge in [-0.25, -0.2) is 15.0 Å². The van der Waals surface area contributed by atoms with Crippen LogP contribution >= 0.6 is 0 Å². The number of nitrogens with zero attached hydrogens (tertiary/aromatic N) is 7. The van der Waals surface area contributed by atoms with E-state index in [4.69, 9.17) is 9.72 Å². The van der Waals surface area contributed by atoms with E-state index in [2.05, 4.69) is 46.8 Å². The van der Waals surface area contributed by atoms with Crippen LogP contribution in [0.15, 0.2) is 55.1 Å². The number of aliphatic hydroxyl groups is 1. The summed E-state index contributed by atoms with van der Waals surface area (Å²) in [4.78, 5) is 37.8. The Kier molecular flexibility index (Phi) is 7.36. The van der Waals surface area contributed by atoms with Gasteiger partial charge in [-0.05, 0) is 78.8 Å². The van der Waals surface area contributed by atoms with Crippen molar-refractivity contribution in [1.82, 2.24) is 29.4 Å². The molecule has 0 spiro atoms. The Bertz CT molecular complexity index is 1990. The van der Waals surface area contributed by atoms with E-state index >= 15 is 0 Å². The molecule has 0 atom stereocenters. The lowest BCUT2D eigenvalue weighted by atomic mass is 9.98. The first-order chi connectivity index (χ1) is 23.6. The number of pyridine rings is 2. The highest BCUT2D eigenvalue weighted by atomic mass is 16.5. The number of aromatic nitrogens is 5. The average Bonchev–Trinajstić information content (AvgIpc) is 3.74. The van der Waals surface area contributed by atoms with Crippen LogP contribution in [0.1, 0.15) is 40.2 Å². The van der Waals surface area contributed by atoms with E-state index in [-0.39, 0.29) is 12.5 Å². The number of aromatic amines is 1. The number of nitrogens with one attached hydrogen (secondary N) is 2. The van der Waals surface area contributed by atoms with Crippen LogP contribution in [-0.2, 0) is 30.7 Å². The maximum Gasteiger partial charge on any atom is 0.276 e. The Labute approximate surface area is 278 Å². The monoisotopic (exact) mass is 645 g/mol. The SMILES string of the molecule is O=C1c2cc3c(n2CCN1c1nccc(-c2cc(Nc4ccc(N5CCN(C6COC6)CC5)cn4)c4nc[nH]c4c2)c1CO)CCCC3. The van der Waals surface area contributed by atoms with Gasteiger partial charge in [0, 0.05) is 56.7 Å². The maximum absolute atomic E-state index is 13.9. The van der Waals surface area contributed by atoms with Crippen molar-refractivity contribution in [1.29, 1.82) is 0 Å². The van der Waals surface area contributed by atoms with Gasteiger partial charge >= 0.3 is 0 Å². The predicted molar refractivity (Wildman–Crippen MR) is 184 cm³/mol. The summed E-state index contributed by atoms with van der Waals surface area (Å²) in [5.41, 5.74) is 9.17.